The quantitative estimate of drug-likeness (QED) is 0.539. The number of hydrogen-bond acceptors (Lipinski definition) is 0. The van der Waals surface area contributed by atoms with E-state index < -0.39 is 0 Å². The van der Waals surface area contributed by atoms with Crippen LogP contribution in [0.3, 0.4) is 0 Å². The molecule has 0 aromatic rings. The van der Waals surface area contributed by atoms with Crippen LogP contribution in [-0.4, -0.2) is 12.6 Å². The molecule has 1 aliphatic carbocycles. The third-order valence-corrected chi connectivity index (χ3v) is 3.65. The van der Waals surface area contributed by atoms with Gasteiger partial charge in [0.25, 0.3) is 0 Å². The van der Waals surface area contributed by atoms with Crippen molar-refractivity contribution in [2.45, 2.75) is 45.1 Å². The van der Waals surface area contributed by atoms with Gasteiger partial charge in [-0.2, -0.15) is 0 Å². The highest BCUT2D eigenvalue weighted by Crippen LogP contribution is 2.31. The minimum Gasteiger partial charge on any atom is -0.343 e. The molecular weight excluding hydrogens is 134 g/mol. The van der Waals surface area contributed by atoms with Crippen molar-refractivity contribution in [2.75, 3.05) is 6.54 Å². The van der Waals surface area contributed by atoms with Gasteiger partial charge in [-0.3, -0.25) is 0 Å². The SMILES string of the molecule is C[C@@H]1CCC[C@@H]2CCC[NH2+][C@H]21. The molecule has 1 heterocycles. The Hall–Kier alpha value is -0.0400. The lowest BCUT2D eigenvalue weighted by atomic mass is 9.74. The van der Waals surface area contributed by atoms with Gasteiger partial charge in [0.05, 0.1) is 12.6 Å². The molecule has 0 spiro atoms. The normalized spacial score (nSPS) is 45.0. The number of quaternary nitrogens is 1. The summed E-state index contributed by atoms with van der Waals surface area (Å²) >= 11 is 0. The molecule has 2 fully saturated rings. The zero-order chi connectivity index (χ0) is 7.68. The van der Waals surface area contributed by atoms with Gasteiger partial charge in [-0.1, -0.05) is 13.3 Å². The topological polar surface area (TPSA) is 16.6 Å². The molecule has 0 unspecified atom stereocenters. The Balaban J connectivity index is 1.99. The molecule has 1 saturated heterocycles. The number of hydrogen-bond donors (Lipinski definition) is 1. The van der Waals surface area contributed by atoms with Crippen molar-refractivity contribution in [2.24, 2.45) is 11.8 Å². The second-order valence-corrected chi connectivity index (χ2v) is 4.41. The molecule has 1 heteroatoms. The third-order valence-electron chi connectivity index (χ3n) is 3.65. The van der Waals surface area contributed by atoms with E-state index >= 15 is 0 Å². The number of rotatable bonds is 0. The molecule has 11 heavy (non-hydrogen) atoms. The van der Waals surface area contributed by atoms with Crippen LogP contribution in [0.2, 0.25) is 0 Å². The summed E-state index contributed by atoms with van der Waals surface area (Å²) in [6, 6.07) is 0.998. The Kier molecular flexibility index (Phi) is 2.17. The van der Waals surface area contributed by atoms with Crippen LogP contribution in [0.25, 0.3) is 0 Å². The Morgan fingerprint density at radius 1 is 1.09 bits per heavy atom. The fourth-order valence-corrected chi connectivity index (χ4v) is 3.00. The summed E-state index contributed by atoms with van der Waals surface area (Å²) < 4.78 is 0. The Morgan fingerprint density at radius 3 is 2.73 bits per heavy atom. The lowest BCUT2D eigenvalue weighted by molar-refractivity contribution is -0.713. The molecule has 2 N–H and O–H groups in total. The van der Waals surface area contributed by atoms with Crippen molar-refractivity contribution >= 4 is 0 Å². The van der Waals surface area contributed by atoms with Crippen LogP contribution in [0, 0.1) is 11.8 Å². The minimum absolute atomic E-state index is 0.994. The molecule has 64 valence electrons. The summed E-state index contributed by atoms with van der Waals surface area (Å²) in [6.07, 6.45) is 7.48. The zero-order valence-corrected chi connectivity index (χ0v) is 7.55. The van der Waals surface area contributed by atoms with E-state index in [0.717, 1.165) is 17.9 Å². The maximum absolute atomic E-state index is 2.61. The largest absolute Gasteiger partial charge is 0.343 e. The van der Waals surface area contributed by atoms with Crippen LogP contribution < -0.4 is 5.32 Å². The van der Waals surface area contributed by atoms with Crippen molar-refractivity contribution in [3.8, 4) is 0 Å². The van der Waals surface area contributed by atoms with E-state index in [2.05, 4.69) is 12.2 Å². The van der Waals surface area contributed by atoms with E-state index in [0.29, 0.717) is 0 Å². The van der Waals surface area contributed by atoms with Crippen LogP contribution >= 0.6 is 0 Å². The molecule has 2 aliphatic rings. The highest BCUT2D eigenvalue weighted by Gasteiger charge is 2.35. The molecule has 3 atom stereocenters. The summed E-state index contributed by atoms with van der Waals surface area (Å²) in [5, 5.41) is 2.61. The standard InChI is InChI=1S/C10H19N/c1-8-4-2-5-9-6-3-7-11-10(8)9/h8-11H,2-7H2,1H3/p+1/t8-,9-,10+/m1/s1. The summed E-state index contributed by atoms with van der Waals surface area (Å²) in [6.45, 7) is 3.84. The molecule has 0 aromatic carbocycles. The third kappa shape index (κ3) is 1.44. The van der Waals surface area contributed by atoms with Gasteiger partial charge in [-0.05, 0) is 25.7 Å². The predicted octanol–water partition coefficient (Wildman–Crippen LogP) is 1.15. The smallest absolute Gasteiger partial charge is 0.0913 e. The van der Waals surface area contributed by atoms with Crippen LogP contribution in [0.15, 0.2) is 0 Å². The van der Waals surface area contributed by atoms with Gasteiger partial charge in [-0.15, -0.1) is 0 Å². The lowest BCUT2D eigenvalue weighted by Gasteiger charge is -2.37. The second kappa shape index (κ2) is 3.14. The van der Waals surface area contributed by atoms with Crippen molar-refractivity contribution in [1.29, 1.82) is 0 Å². The van der Waals surface area contributed by atoms with Crippen molar-refractivity contribution in [1.82, 2.24) is 0 Å². The summed E-state index contributed by atoms with van der Waals surface area (Å²) in [5.74, 6) is 2.07. The first kappa shape index (κ1) is 7.60. The van der Waals surface area contributed by atoms with E-state index in [1.54, 1.807) is 0 Å². The number of nitrogens with two attached hydrogens (primary N) is 1. The first-order valence-corrected chi connectivity index (χ1v) is 5.21. The Bertz CT molecular complexity index is 131. The van der Waals surface area contributed by atoms with Gasteiger partial charge >= 0.3 is 0 Å². The molecule has 2 rings (SSSR count). The van der Waals surface area contributed by atoms with Gasteiger partial charge in [0.2, 0.25) is 0 Å². The number of piperidine rings is 1. The van der Waals surface area contributed by atoms with E-state index in [1.165, 1.54) is 38.6 Å². The highest BCUT2D eigenvalue weighted by molar-refractivity contribution is 4.80. The molecule has 0 aromatic heterocycles. The fourth-order valence-electron chi connectivity index (χ4n) is 3.00. The first-order valence-electron chi connectivity index (χ1n) is 5.21. The molecular formula is C10H20N+. The van der Waals surface area contributed by atoms with Crippen LogP contribution in [0.5, 0.6) is 0 Å². The maximum Gasteiger partial charge on any atom is 0.0913 e. The molecule has 1 nitrogen and oxygen atoms in total. The van der Waals surface area contributed by atoms with E-state index in [9.17, 15) is 0 Å². The Labute approximate surface area is 69.6 Å². The van der Waals surface area contributed by atoms with Gasteiger partial charge in [-0.25, -0.2) is 0 Å². The summed E-state index contributed by atoms with van der Waals surface area (Å²) in [4.78, 5) is 0. The number of fused-ring (bicyclic) bond motifs is 1. The van der Waals surface area contributed by atoms with E-state index in [-0.39, 0.29) is 0 Å². The van der Waals surface area contributed by atoms with Gasteiger partial charge in [0.1, 0.15) is 0 Å². The van der Waals surface area contributed by atoms with Crippen LogP contribution in [0.4, 0.5) is 0 Å². The summed E-state index contributed by atoms with van der Waals surface area (Å²) in [5.41, 5.74) is 0. The minimum atomic E-state index is 0.994. The lowest BCUT2D eigenvalue weighted by Crippen LogP contribution is -2.94. The average molecular weight is 154 g/mol. The highest BCUT2D eigenvalue weighted by atomic mass is 14.9. The average Bonchev–Trinajstić information content (AvgIpc) is 2.06. The van der Waals surface area contributed by atoms with Crippen molar-refractivity contribution < 1.29 is 5.32 Å². The fraction of sp³-hybridized carbons (Fsp3) is 1.00. The zero-order valence-electron chi connectivity index (χ0n) is 7.55. The summed E-state index contributed by atoms with van der Waals surface area (Å²) in [7, 11) is 0. The first-order chi connectivity index (χ1) is 5.38. The van der Waals surface area contributed by atoms with Gasteiger partial charge in [0.15, 0.2) is 0 Å². The van der Waals surface area contributed by atoms with E-state index in [1.807, 2.05) is 0 Å². The molecule has 1 aliphatic heterocycles. The molecule has 0 amide bonds. The maximum atomic E-state index is 2.61. The Morgan fingerprint density at radius 2 is 1.91 bits per heavy atom. The van der Waals surface area contributed by atoms with E-state index in [4.69, 9.17) is 0 Å². The predicted molar refractivity (Wildman–Crippen MR) is 46.3 cm³/mol. The van der Waals surface area contributed by atoms with Crippen LogP contribution in [0.1, 0.15) is 39.0 Å². The van der Waals surface area contributed by atoms with Crippen molar-refractivity contribution in [3.05, 3.63) is 0 Å². The van der Waals surface area contributed by atoms with Crippen LogP contribution in [-0.2, 0) is 0 Å². The van der Waals surface area contributed by atoms with Gasteiger partial charge < -0.3 is 5.32 Å². The molecule has 1 saturated carbocycles. The molecule has 0 bridgehead atoms. The monoisotopic (exact) mass is 154 g/mol. The molecule has 0 radical (unpaired) electrons. The van der Waals surface area contributed by atoms with Gasteiger partial charge in [0, 0.05) is 11.8 Å². The van der Waals surface area contributed by atoms with Crippen molar-refractivity contribution in [3.63, 3.8) is 0 Å². The second-order valence-electron chi connectivity index (χ2n) is 4.41.